The highest BCUT2D eigenvalue weighted by molar-refractivity contribution is 7.47. The molecule has 17 nitrogen and oxygen atoms in total. The lowest BCUT2D eigenvalue weighted by Gasteiger charge is -2.21. The quantitative estimate of drug-likeness (QED) is 0.0222. The van der Waals surface area contributed by atoms with Crippen LogP contribution >= 0.6 is 15.6 Å². The molecule has 19 heteroatoms. The molecule has 0 saturated heterocycles. The SMILES string of the molecule is CCCCCCCCCCCCCC(=O)OC[C@H](COP(=O)(O)OC[C@H](O)COP(=O)(O)OC[C@@H](COC(=O)CCCCCCCCCCC(C)CC)OC(=O)CCCCCCCCCCCCCCCCC(C)C)OC(=O)CCCCCCCCCCC(C)C. The molecule has 0 aliphatic carbocycles. The van der Waals surface area contributed by atoms with Crippen LogP contribution in [0.1, 0.15) is 363 Å². The van der Waals surface area contributed by atoms with Crippen molar-refractivity contribution in [2.24, 2.45) is 17.8 Å². The van der Waals surface area contributed by atoms with E-state index in [1.165, 1.54) is 173 Å². The van der Waals surface area contributed by atoms with E-state index in [9.17, 15) is 43.2 Å². The number of rotatable bonds is 70. The van der Waals surface area contributed by atoms with Gasteiger partial charge in [0.25, 0.3) is 0 Å². The predicted molar refractivity (Wildman–Crippen MR) is 368 cm³/mol. The number of hydrogen-bond acceptors (Lipinski definition) is 15. The van der Waals surface area contributed by atoms with Gasteiger partial charge in [-0.25, -0.2) is 9.13 Å². The lowest BCUT2D eigenvalue weighted by Crippen LogP contribution is -2.30. The Balaban J connectivity index is 5.25. The molecular formula is C72H140O17P2. The van der Waals surface area contributed by atoms with Gasteiger partial charge in [-0.3, -0.25) is 37.3 Å². The topological polar surface area (TPSA) is 237 Å². The van der Waals surface area contributed by atoms with E-state index in [1.54, 1.807) is 0 Å². The lowest BCUT2D eigenvalue weighted by atomic mass is 9.99. The minimum atomic E-state index is -4.95. The van der Waals surface area contributed by atoms with Crippen LogP contribution in [0.15, 0.2) is 0 Å². The number of hydrogen-bond donors (Lipinski definition) is 3. The molecule has 0 aromatic carbocycles. The zero-order valence-corrected chi connectivity index (χ0v) is 61.1. The third-order valence-corrected chi connectivity index (χ3v) is 18.9. The predicted octanol–water partition coefficient (Wildman–Crippen LogP) is 20.6. The molecule has 0 rings (SSSR count). The summed E-state index contributed by atoms with van der Waals surface area (Å²) in [6.45, 7) is 11.8. The zero-order valence-electron chi connectivity index (χ0n) is 59.3. The second-order valence-corrected chi connectivity index (χ2v) is 30.1. The molecule has 0 amide bonds. The fraction of sp³-hybridized carbons (Fsp3) is 0.944. The Morgan fingerprint density at radius 2 is 0.560 bits per heavy atom. The van der Waals surface area contributed by atoms with E-state index in [2.05, 4.69) is 48.5 Å². The summed E-state index contributed by atoms with van der Waals surface area (Å²) in [5.74, 6) is 0.167. The molecule has 3 unspecified atom stereocenters. The number of carbonyl (C=O) groups is 4. The largest absolute Gasteiger partial charge is 0.472 e. The molecule has 91 heavy (non-hydrogen) atoms. The summed E-state index contributed by atoms with van der Waals surface area (Å²) in [6, 6.07) is 0. The van der Waals surface area contributed by atoms with Gasteiger partial charge < -0.3 is 33.8 Å². The summed E-state index contributed by atoms with van der Waals surface area (Å²) in [6.07, 6.45) is 47.1. The molecule has 0 aliphatic heterocycles. The Morgan fingerprint density at radius 1 is 0.319 bits per heavy atom. The maximum Gasteiger partial charge on any atom is 0.472 e. The standard InChI is InChI=1S/C72H140O17P2/c1-8-10-11-12-13-14-19-23-32-39-46-53-69(74)82-59-68(89-72(77)56-49-42-35-27-25-30-37-44-51-64(5)6)62-87-91(80,81)85-58-66(73)57-84-90(78,79)86-61-67(60-83-70(75)54-47-40-33-28-26-31-38-45-52-65(7)9-2)88-71(76)55-48-41-34-24-21-18-16-15-17-20-22-29-36-43-50-63(3)4/h63-68,73H,8-62H2,1-7H3,(H,78,79)(H,80,81)/t65?,66-,67-,68-/m1/s1. The first-order chi connectivity index (χ1) is 43.8. The van der Waals surface area contributed by atoms with Gasteiger partial charge in [-0.05, 0) is 43.4 Å². The summed E-state index contributed by atoms with van der Waals surface area (Å²) in [5, 5.41) is 10.6. The number of aliphatic hydroxyl groups excluding tert-OH is 1. The smallest absolute Gasteiger partial charge is 0.462 e. The average molecular weight is 1340 g/mol. The van der Waals surface area contributed by atoms with Crippen molar-refractivity contribution in [1.29, 1.82) is 0 Å². The minimum Gasteiger partial charge on any atom is -0.462 e. The summed E-state index contributed by atoms with van der Waals surface area (Å²) in [5.41, 5.74) is 0. The van der Waals surface area contributed by atoms with E-state index in [1.807, 2.05) is 0 Å². The second-order valence-electron chi connectivity index (χ2n) is 27.2. The molecule has 0 fully saturated rings. The van der Waals surface area contributed by atoms with Crippen LogP contribution in [0.3, 0.4) is 0 Å². The Morgan fingerprint density at radius 3 is 0.835 bits per heavy atom. The molecule has 3 N–H and O–H groups in total. The third kappa shape index (κ3) is 65.1. The van der Waals surface area contributed by atoms with Crippen molar-refractivity contribution in [2.45, 2.75) is 381 Å². The monoisotopic (exact) mass is 1340 g/mol. The fourth-order valence-corrected chi connectivity index (χ4v) is 12.4. The van der Waals surface area contributed by atoms with Gasteiger partial charge in [0.1, 0.15) is 19.3 Å². The summed E-state index contributed by atoms with van der Waals surface area (Å²) < 4.78 is 68.4. The molecule has 6 atom stereocenters. The summed E-state index contributed by atoms with van der Waals surface area (Å²) in [7, 11) is -9.90. The molecule has 0 aliphatic rings. The Kier molecular flexibility index (Phi) is 61.5. The van der Waals surface area contributed by atoms with E-state index in [4.69, 9.17) is 37.0 Å². The number of aliphatic hydroxyl groups is 1. The molecule has 0 bridgehead atoms. The first-order valence-electron chi connectivity index (χ1n) is 37.4. The molecule has 0 spiro atoms. The number of esters is 4. The molecule has 0 heterocycles. The van der Waals surface area contributed by atoms with Gasteiger partial charge in [0, 0.05) is 25.7 Å². The molecule has 0 radical (unpaired) electrons. The second kappa shape index (κ2) is 62.8. The van der Waals surface area contributed by atoms with E-state index in [-0.39, 0.29) is 25.7 Å². The molecule has 540 valence electrons. The van der Waals surface area contributed by atoms with Crippen LogP contribution in [0.4, 0.5) is 0 Å². The van der Waals surface area contributed by atoms with E-state index in [0.29, 0.717) is 25.7 Å². The van der Waals surface area contributed by atoms with Gasteiger partial charge >= 0.3 is 39.5 Å². The van der Waals surface area contributed by atoms with Crippen LogP contribution in [-0.4, -0.2) is 96.7 Å². The van der Waals surface area contributed by atoms with Crippen molar-refractivity contribution in [3.8, 4) is 0 Å². The summed E-state index contributed by atoms with van der Waals surface area (Å²) >= 11 is 0. The van der Waals surface area contributed by atoms with Crippen molar-refractivity contribution in [2.75, 3.05) is 39.6 Å². The van der Waals surface area contributed by atoms with Crippen LogP contribution in [0.5, 0.6) is 0 Å². The number of unbranched alkanes of at least 4 members (excludes halogenated alkanes) is 37. The van der Waals surface area contributed by atoms with Gasteiger partial charge in [-0.15, -0.1) is 0 Å². The Hall–Kier alpha value is -1.94. The molecule has 0 saturated carbocycles. The van der Waals surface area contributed by atoms with Gasteiger partial charge in [0.15, 0.2) is 12.2 Å². The third-order valence-electron chi connectivity index (χ3n) is 17.0. The van der Waals surface area contributed by atoms with E-state index < -0.39 is 97.5 Å². The zero-order chi connectivity index (χ0) is 67.3. The van der Waals surface area contributed by atoms with Crippen LogP contribution < -0.4 is 0 Å². The van der Waals surface area contributed by atoms with Crippen LogP contribution in [0, 0.1) is 17.8 Å². The van der Waals surface area contributed by atoms with Gasteiger partial charge in [-0.2, -0.15) is 0 Å². The number of ether oxygens (including phenoxy) is 4. The molecule has 0 aromatic rings. The maximum atomic E-state index is 13.0. The van der Waals surface area contributed by atoms with Gasteiger partial charge in [-0.1, -0.05) is 312 Å². The highest BCUT2D eigenvalue weighted by Gasteiger charge is 2.30. The number of phosphoric ester groups is 2. The Bertz CT molecular complexity index is 1790. The first kappa shape index (κ1) is 89.1. The lowest BCUT2D eigenvalue weighted by molar-refractivity contribution is -0.161. The van der Waals surface area contributed by atoms with Gasteiger partial charge in [0.05, 0.1) is 26.4 Å². The molecule has 0 aromatic heterocycles. The van der Waals surface area contributed by atoms with E-state index in [0.717, 1.165) is 108 Å². The Labute approximate surface area is 556 Å². The number of carbonyl (C=O) groups excluding carboxylic acids is 4. The van der Waals surface area contributed by atoms with Crippen LogP contribution in [0.2, 0.25) is 0 Å². The highest BCUT2D eigenvalue weighted by atomic mass is 31.2. The highest BCUT2D eigenvalue weighted by Crippen LogP contribution is 2.45. The number of phosphoric acid groups is 2. The maximum absolute atomic E-state index is 13.0. The minimum absolute atomic E-state index is 0.104. The van der Waals surface area contributed by atoms with Crippen LogP contribution in [0.25, 0.3) is 0 Å². The van der Waals surface area contributed by atoms with E-state index >= 15 is 0 Å². The first-order valence-corrected chi connectivity index (χ1v) is 40.4. The normalized spacial score (nSPS) is 14.5. The molecular weight excluding hydrogens is 1200 g/mol. The van der Waals surface area contributed by atoms with Crippen molar-refractivity contribution in [1.82, 2.24) is 0 Å². The van der Waals surface area contributed by atoms with Crippen molar-refractivity contribution in [3.05, 3.63) is 0 Å². The van der Waals surface area contributed by atoms with Crippen molar-refractivity contribution >= 4 is 39.5 Å². The van der Waals surface area contributed by atoms with Gasteiger partial charge in [0.2, 0.25) is 0 Å². The van der Waals surface area contributed by atoms with Crippen molar-refractivity contribution < 1.29 is 80.2 Å². The summed E-state index contributed by atoms with van der Waals surface area (Å²) in [4.78, 5) is 72.6. The van der Waals surface area contributed by atoms with Crippen LogP contribution in [-0.2, 0) is 65.4 Å². The van der Waals surface area contributed by atoms with Crippen molar-refractivity contribution in [3.63, 3.8) is 0 Å². The fourth-order valence-electron chi connectivity index (χ4n) is 10.9. The average Bonchev–Trinajstić information content (AvgIpc) is 3.01.